The topological polar surface area (TPSA) is 71.5 Å². The van der Waals surface area contributed by atoms with Crippen molar-refractivity contribution in [2.24, 2.45) is 0 Å². The number of nitrogens with zero attached hydrogens (tertiary/aromatic N) is 1. The molecule has 2 heterocycles. The second kappa shape index (κ2) is 5.04. The molecule has 0 spiro atoms. The van der Waals surface area contributed by atoms with Gasteiger partial charge in [-0.15, -0.1) is 0 Å². The van der Waals surface area contributed by atoms with E-state index in [1.807, 2.05) is 6.07 Å². The molecule has 1 aromatic rings. The van der Waals surface area contributed by atoms with E-state index in [1.54, 1.807) is 32.2 Å². The minimum Gasteiger partial charge on any atom is -0.462 e. The number of β-amino-alcohol motifs (C(OH)–C–C–N with tert-alkyl or cyclic N) is 1. The van der Waals surface area contributed by atoms with Crippen LogP contribution in [0, 0.1) is 0 Å². The zero-order chi connectivity index (χ0) is 13.2. The van der Waals surface area contributed by atoms with Crippen molar-refractivity contribution in [2.45, 2.75) is 38.0 Å². The summed E-state index contributed by atoms with van der Waals surface area (Å²) >= 11 is 0. The highest BCUT2D eigenvalue weighted by Gasteiger charge is 2.43. The van der Waals surface area contributed by atoms with Crippen molar-refractivity contribution < 1.29 is 14.6 Å². The maximum absolute atomic E-state index is 11.8. The van der Waals surface area contributed by atoms with Gasteiger partial charge in [-0.3, -0.25) is 9.78 Å². The van der Waals surface area contributed by atoms with Gasteiger partial charge in [0, 0.05) is 19.2 Å². The fourth-order valence-corrected chi connectivity index (χ4v) is 2.09. The lowest BCUT2D eigenvalue weighted by molar-refractivity contribution is -0.150. The Morgan fingerprint density at radius 3 is 3.00 bits per heavy atom. The van der Waals surface area contributed by atoms with Crippen LogP contribution < -0.4 is 5.32 Å². The smallest absolute Gasteiger partial charge is 0.323 e. The normalized spacial score (nSPS) is 27.4. The second-order valence-electron chi connectivity index (χ2n) is 4.87. The molecular formula is C13H18N2O3. The highest BCUT2D eigenvalue weighted by molar-refractivity contribution is 5.76. The zero-order valence-corrected chi connectivity index (χ0v) is 10.6. The first-order valence-corrected chi connectivity index (χ1v) is 6.09. The maximum atomic E-state index is 11.8. The molecule has 1 saturated heterocycles. The Labute approximate surface area is 106 Å². The quantitative estimate of drug-likeness (QED) is 0.768. The van der Waals surface area contributed by atoms with Gasteiger partial charge in [0.1, 0.15) is 11.6 Å². The summed E-state index contributed by atoms with van der Waals surface area (Å²) in [6, 6.07) is 4.90. The Kier molecular flexibility index (Phi) is 3.63. The number of hydrogen-bond donors (Lipinski definition) is 2. The van der Waals surface area contributed by atoms with E-state index >= 15 is 0 Å². The van der Waals surface area contributed by atoms with Gasteiger partial charge in [0.15, 0.2) is 0 Å². The molecule has 0 aliphatic carbocycles. The average Bonchev–Trinajstić information content (AvgIpc) is 2.74. The molecule has 1 aliphatic heterocycles. The summed E-state index contributed by atoms with van der Waals surface area (Å²) < 4.78 is 5.13. The molecule has 5 nitrogen and oxygen atoms in total. The van der Waals surface area contributed by atoms with Gasteiger partial charge >= 0.3 is 5.97 Å². The van der Waals surface area contributed by atoms with Crippen molar-refractivity contribution >= 4 is 5.97 Å². The van der Waals surface area contributed by atoms with Crippen LogP contribution >= 0.6 is 0 Å². The van der Waals surface area contributed by atoms with E-state index in [-0.39, 0.29) is 18.5 Å². The molecule has 0 amide bonds. The summed E-state index contributed by atoms with van der Waals surface area (Å²) in [6.45, 7) is 3.91. The van der Waals surface area contributed by atoms with Crippen LogP contribution in [0.5, 0.6) is 0 Å². The molecule has 1 aromatic heterocycles. The third-order valence-corrected chi connectivity index (χ3v) is 2.96. The fraction of sp³-hybridized carbons (Fsp3) is 0.538. The second-order valence-corrected chi connectivity index (χ2v) is 4.87. The van der Waals surface area contributed by atoms with Crippen molar-refractivity contribution in [1.29, 1.82) is 0 Å². The average molecular weight is 250 g/mol. The summed E-state index contributed by atoms with van der Waals surface area (Å²) in [7, 11) is 0. The highest BCUT2D eigenvalue weighted by Crippen LogP contribution is 2.29. The van der Waals surface area contributed by atoms with E-state index in [0.29, 0.717) is 12.2 Å². The van der Waals surface area contributed by atoms with Crippen molar-refractivity contribution in [3.8, 4) is 0 Å². The molecule has 5 heteroatoms. The van der Waals surface area contributed by atoms with E-state index in [2.05, 4.69) is 10.3 Å². The Bertz CT molecular complexity index is 422. The Balaban J connectivity index is 2.06. The first-order chi connectivity index (χ1) is 8.51. The standard InChI is InChI=1S/C13H18N2O3/c1-9(2)18-12(16)10-7-13(17,8-15-10)11-5-3-4-6-14-11/h3-6,9-10,15,17H,7-8H2,1-2H3/t10-,13-/m0/s1. The summed E-state index contributed by atoms with van der Waals surface area (Å²) in [6.07, 6.45) is 1.77. The van der Waals surface area contributed by atoms with Crippen LogP contribution in [-0.4, -0.2) is 34.8 Å². The molecule has 0 aromatic carbocycles. The van der Waals surface area contributed by atoms with Gasteiger partial charge in [-0.05, 0) is 26.0 Å². The number of aromatic nitrogens is 1. The fourth-order valence-electron chi connectivity index (χ4n) is 2.09. The number of esters is 1. The number of carbonyl (C=O) groups excluding carboxylic acids is 1. The molecule has 1 fully saturated rings. The molecule has 18 heavy (non-hydrogen) atoms. The predicted molar refractivity (Wildman–Crippen MR) is 65.8 cm³/mol. The van der Waals surface area contributed by atoms with Crippen LogP contribution in [0.4, 0.5) is 0 Å². The number of pyridine rings is 1. The molecule has 0 radical (unpaired) electrons. The van der Waals surface area contributed by atoms with E-state index in [0.717, 1.165) is 0 Å². The van der Waals surface area contributed by atoms with Crippen molar-refractivity contribution in [3.63, 3.8) is 0 Å². The number of rotatable bonds is 3. The van der Waals surface area contributed by atoms with Gasteiger partial charge < -0.3 is 15.2 Å². The molecule has 0 unspecified atom stereocenters. The summed E-state index contributed by atoms with van der Waals surface area (Å²) in [5.74, 6) is -0.322. The zero-order valence-electron chi connectivity index (χ0n) is 10.6. The van der Waals surface area contributed by atoms with Gasteiger partial charge in [0.2, 0.25) is 0 Å². The first kappa shape index (κ1) is 13.0. The lowest BCUT2D eigenvalue weighted by Crippen LogP contribution is -2.33. The Morgan fingerprint density at radius 1 is 1.61 bits per heavy atom. The molecule has 2 atom stereocenters. The van der Waals surface area contributed by atoms with Gasteiger partial charge in [-0.2, -0.15) is 0 Å². The molecule has 1 aliphatic rings. The summed E-state index contributed by atoms with van der Waals surface area (Å²) in [5.41, 5.74) is -0.514. The molecule has 0 bridgehead atoms. The third-order valence-electron chi connectivity index (χ3n) is 2.96. The lowest BCUT2D eigenvalue weighted by atomic mass is 9.95. The van der Waals surface area contributed by atoms with Crippen molar-refractivity contribution in [3.05, 3.63) is 30.1 Å². The van der Waals surface area contributed by atoms with Crippen LogP contribution in [0.2, 0.25) is 0 Å². The third kappa shape index (κ3) is 2.68. The van der Waals surface area contributed by atoms with Crippen LogP contribution in [0.3, 0.4) is 0 Å². The van der Waals surface area contributed by atoms with Crippen LogP contribution in [0.15, 0.2) is 24.4 Å². The number of aliphatic hydroxyl groups is 1. The van der Waals surface area contributed by atoms with E-state index < -0.39 is 11.6 Å². The SMILES string of the molecule is CC(C)OC(=O)[C@@H]1C[C@@](O)(c2ccccn2)CN1. The summed E-state index contributed by atoms with van der Waals surface area (Å²) in [4.78, 5) is 15.9. The van der Waals surface area contributed by atoms with Gasteiger partial charge in [0.25, 0.3) is 0 Å². The van der Waals surface area contributed by atoms with Gasteiger partial charge in [-0.25, -0.2) is 0 Å². The number of carbonyl (C=O) groups is 1. The molecule has 98 valence electrons. The van der Waals surface area contributed by atoms with Crippen LogP contribution in [-0.2, 0) is 15.1 Å². The minimum absolute atomic E-state index is 0.150. The predicted octanol–water partition coefficient (Wildman–Crippen LogP) is 0.583. The van der Waals surface area contributed by atoms with E-state index in [1.165, 1.54) is 0 Å². The maximum Gasteiger partial charge on any atom is 0.323 e. The van der Waals surface area contributed by atoms with Gasteiger partial charge in [-0.1, -0.05) is 6.07 Å². The van der Waals surface area contributed by atoms with Crippen molar-refractivity contribution in [2.75, 3.05) is 6.54 Å². The monoisotopic (exact) mass is 250 g/mol. The summed E-state index contributed by atoms with van der Waals surface area (Å²) in [5, 5.41) is 13.5. The van der Waals surface area contributed by atoms with Crippen molar-refractivity contribution in [1.82, 2.24) is 10.3 Å². The lowest BCUT2D eigenvalue weighted by Gasteiger charge is -2.20. The number of hydrogen-bond acceptors (Lipinski definition) is 5. The minimum atomic E-state index is -1.10. The Morgan fingerprint density at radius 2 is 2.39 bits per heavy atom. The number of nitrogens with one attached hydrogen (secondary N) is 1. The highest BCUT2D eigenvalue weighted by atomic mass is 16.5. The van der Waals surface area contributed by atoms with E-state index in [9.17, 15) is 9.90 Å². The Hall–Kier alpha value is -1.46. The number of ether oxygens (including phenoxy) is 1. The largest absolute Gasteiger partial charge is 0.462 e. The van der Waals surface area contributed by atoms with Crippen LogP contribution in [0.1, 0.15) is 26.0 Å². The van der Waals surface area contributed by atoms with Crippen LogP contribution in [0.25, 0.3) is 0 Å². The molecule has 2 rings (SSSR count). The molecule has 2 N–H and O–H groups in total. The molecular weight excluding hydrogens is 232 g/mol. The molecule has 0 saturated carbocycles. The van der Waals surface area contributed by atoms with E-state index in [4.69, 9.17) is 4.74 Å². The van der Waals surface area contributed by atoms with Gasteiger partial charge in [0.05, 0.1) is 11.8 Å². The first-order valence-electron chi connectivity index (χ1n) is 6.09.